The molecular formula is C21H32N2O4S. The molecule has 2 N–H and O–H groups in total. The minimum absolute atomic E-state index is 0.000729. The minimum atomic E-state index is -0.577. The first kappa shape index (κ1) is 24.0. The first-order valence-corrected chi connectivity index (χ1v) is 10.6. The lowest BCUT2D eigenvalue weighted by Gasteiger charge is -2.18. The molecule has 0 unspecified atom stereocenters. The van der Waals surface area contributed by atoms with Gasteiger partial charge in [-0.15, -0.1) is 11.8 Å². The third kappa shape index (κ3) is 8.33. The number of hydrogen-bond donors (Lipinski definition) is 2. The molecular weight excluding hydrogens is 376 g/mol. The van der Waals surface area contributed by atoms with E-state index < -0.39 is 5.97 Å². The Morgan fingerprint density at radius 1 is 0.893 bits per heavy atom. The Labute approximate surface area is 172 Å². The van der Waals surface area contributed by atoms with Crippen molar-refractivity contribution in [3.8, 4) is 0 Å². The summed E-state index contributed by atoms with van der Waals surface area (Å²) in [5, 5.41) is 5.73. The van der Waals surface area contributed by atoms with E-state index >= 15 is 0 Å². The minimum Gasteiger partial charge on any atom is -0.452 e. The average Bonchev–Trinajstić information content (AvgIpc) is 2.64. The molecule has 0 spiro atoms. The maximum Gasteiger partial charge on any atom is 0.339 e. The summed E-state index contributed by atoms with van der Waals surface area (Å²) in [5.41, 5.74) is 0.349. The largest absolute Gasteiger partial charge is 0.452 e. The van der Waals surface area contributed by atoms with Gasteiger partial charge < -0.3 is 15.4 Å². The molecule has 0 heterocycles. The zero-order chi connectivity index (χ0) is 21.3. The van der Waals surface area contributed by atoms with Crippen molar-refractivity contribution in [2.24, 2.45) is 11.8 Å². The molecule has 2 amide bonds. The number of carbonyl (C=O) groups excluding carboxylic acids is 3. The summed E-state index contributed by atoms with van der Waals surface area (Å²) >= 11 is 1.27. The number of ether oxygens (including phenoxy) is 1. The van der Waals surface area contributed by atoms with E-state index in [0.717, 1.165) is 0 Å². The van der Waals surface area contributed by atoms with Crippen molar-refractivity contribution in [3.05, 3.63) is 29.8 Å². The fraction of sp³-hybridized carbons (Fsp3) is 0.571. The second kappa shape index (κ2) is 11.7. The van der Waals surface area contributed by atoms with Crippen LogP contribution in [0.2, 0.25) is 0 Å². The standard InChI is InChI=1S/C21H32N2O4S/c1-13(2)15(5)22-19(24)11-27-21(26)17-9-7-8-10-18(17)28-12-20(25)23-16(6)14(3)4/h7-10,13-16H,11-12H2,1-6H3,(H,22,24)(H,23,25)/t15-,16-/m0/s1. The highest BCUT2D eigenvalue weighted by molar-refractivity contribution is 8.00. The van der Waals surface area contributed by atoms with Crippen LogP contribution in [0.15, 0.2) is 29.2 Å². The number of carbonyl (C=O) groups is 3. The summed E-state index contributed by atoms with van der Waals surface area (Å²) in [5.74, 6) is -0.153. The third-order valence-corrected chi connectivity index (χ3v) is 5.65. The molecule has 156 valence electrons. The van der Waals surface area contributed by atoms with E-state index in [2.05, 4.69) is 10.6 Å². The number of amides is 2. The molecule has 1 aromatic carbocycles. The summed E-state index contributed by atoms with van der Waals surface area (Å²) < 4.78 is 5.15. The van der Waals surface area contributed by atoms with Crippen LogP contribution in [0.25, 0.3) is 0 Å². The number of benzene rings is 1. The van der Waals surface area contributed by atoms with Gasteiger partial charge in [-0.3, -0.25) is 9.59 Å². The van der Waals surface area contributed by atoms with Gasteiger partial charge in [0, 0.05) is 17.0 Å². The van der Waals surface area contributed by atoms with Crippen LogP contribution in [0.4, 0.5) is 0 Å². The molecule has 2 atom stereocenters. The van der Waals surface area contributed by atoms with Crippen molar-refractivity contribution in [1.82, 2.24) is 10.6 Å². The fourth-order valence-corrected chi connectivity index (χ4v) is 2.89. The molecule has 0 saturated carbocycles. The van der Waals surface area contributed by atoms with Crippen LogP contribution in [0.3, 0.4) is 0 Å². The molecule has 7 heteroatoms. The van der Waals surface area contributed by atoms with Crippen LogP contribution < -0.4 is 10.6 Å². The Morgan fingerprint density at radius 3 is 2.00 bits per heavy atom. The van der Waals surface area contributed by atoms with E-state index in [1.165, 1.54) is 11.8 Å². The van der Waals surface area contributed by atoms with E-state index in [-0.39, 0.29) is 36.3 Å². The molecule has 6 nitrogen and oxygen atoms in total. The summed E-state index contributed by atoms with van der Waals surface area (Å²) in [6.45, 7) is 11.6. The van der Waals surface area contributed by atoms with Gasteiger partial charge in [0.1, 0.15) is 0 Å². The van der Waals surface area contributed by atoms with Gasteiger partial charge in [0.05, 0.1) is 11.3 Å². The summed E-state index contributed by atoms with van der Waals surface area (Å²) in [6, 6.07) is 7.00. The van der Waals surface area contributed by atoms with Crippen molar-refractivity contribution < 1.29 is 19.1 Å². The van der Waals surface area contributed by atoms with E-state index in [1.54, 1.807) is 24.3 Å². The number of rotatable bonds is 10. The molecule has 28 heavy (non-hydrogen) atoms. The van der Waals surface area contributed by atoms with Crippen molar-refractivity contribution in [1.29, 1.82) is 0 Å². The summed E-state index contributed by atoms with van der Waals surface area (Å²) in [6.07, 6.45) is 0. The Hall–Kier alpha value is -2.02. The van der Waals surface area contributed by atoms with Gasteiger partial charge in [0.2, 0.25) is 5.91 Å². The van der Waals surface area contributed by atoms with Crippen molar-refractivity contribution in [3.63, 3.8) is 0 Å². The first-order valence-electron chi connectivity index (χ1n) is 9.59. The molecule has 0 aliphatic heterocycles. The molecule has 0 aromatic heterocycles. The molecule has 0 radical (unpaired) electrons. The predicted molar refractivity (Wildman–Crippen MR) is 112 cm³/mol. The quantitative estimate of drug-likeness (QED) is 0.459. The van der Waals surface area contributed by atoms with E-state index in [1.807, 2.05) is 41.5 Å². The number of hydrogen-bond acceptors (Lipinski definition) is 5. The van der Waals surface area contributed by atoms with Crippen LogP contribution in [0, 0.1) is 11.8 Å². The molecule has 0 fully saturated rings. The van der Waals surface area contributed by atoms with Gasteiger partial charge in [0.15, 0.2) is 6.61 Å². The number of thioether (sulfide) groups is 1. The van der Waals surface area contributed by atoms with Crippen molar-refractivity contribution in [2.75, 3.05) is 12.4 Å². The second-order valence-corrected chi connectivity index (χ2v) is 8.58. The highest BCUT2D eigenvalue weighted by Gasteiger charge is 2.17. The van der Waals surface area contributed by atoms with Crippen LogP contribution in [0.1, 0.15) is 51.9 Å². The Morgan fingerprint density at radius 2 is 1.43 bits per heavy atom. The SMILES string of the molecule is CC(C)[C@H](C)NC(=O)COC(=O)c1ccccc1SCC(=O)N[C@@H](C)C(C)C. The van der Waals surface area contributed by atoms with Crippen LogP contribution in [-0.2, 0) is 14.3 Å². The Balaban J connectivity index is 2.61. The van der Waals surface area contributed by atoms with Crippen LogP contribution >= 0.6 is 11.8 Å². The van der Waals surface area contributed by atoms with Gasteiger partial charge in [-0.2, -0.15) is 0 Å². The maximum absolute atomic E-state index is 12.4. The van der Waals surface area contributed by atoms with Crippen molar-refractivity contribution in [2.45, 2.75) is 58.5 Å². The average molecular weight is 409 g/mol. The Kier molecular flexibility index (Phi) is 10.1. The van der Waals surface area contributed by atoms with Gasteiger partial charge >= 0.3 is 5.97 Å². The highest BCUT2D eigenvalue weighted by atomic mass is 32.2. The molecule has 0 aliphatic carbocycles. The van der Waals surface area contributed by atoms with Gasteiger partial charge in [0.25, 0.3) is 5.91 Å². The van der Waals surface area contributed by atoms with Gasteiger partial charge in [-0.1, -0.05) is 39.8 Å². The predicted octanol–water partition coefficient (Wildman–Crippen LogP) is 3.26. The van der Waals surface area contributed by atoms with Gasteiger partial charge in [-0.05, 0) is 37.8 Å². The molecule has 0 aliphatic rings. The number of nitrogens with one attached hydrogen (secondary N) is 2. The third-order valence-electron chi connectivity index (χ3n) is 4.58. The smallest absolute Gasteiger partial charge is 0.339 e. The Bertz CT molecular complexity index is 676. The van der Waals surface area contributed by atoms with E-state index in [9.17, 15) is 14.4 Å². The zero-order valence-corrected chi connectivity index (χ0v) is 18.4. The topological polar surface area (TPSA) is 84.5 Å². The maximum atomic E-state index is 12.4. The molecule has 0 saturated heterocycles. The summed E-state index contributed by atoms with van der Waals surface area (Å²) in [7, 11) is 0. The van der Waals surface area contributed by atoms with Gasteiger partial charge in [-0.25, -0.2) is 4.79 Å². The second-order valence-electron chi connectivity index (χ2n) is 7.56. The van der Waals surface area contributed by atoms with Crippen LogP contribution in [-0.4, -0.2) is 42.2 Å². The summed E-state index contributed by atoms with van der Waals surface area (Å²) in [4.78, 5) is 37.0. The lowest BCUT2D eigenvalue weighted by molar-refractivity contribution is -0.125. The zero-order valence-electron chi connectivity index (χ0n) is 17.6. The molecule has 1 rings (SSSR count). The van der Waals surface area contributed by atoms with E-state index in [4.69, 9.17) is 4.74 Å². The lowest BCUT2D eigenvalue weighted by Crippen LogP contribution is -2.38. The highest BCUT2D eigenvalue weighted by Crippen LogP contribution is 2.23. The van der Waals surface area contributed by atoms with Crippen LogP contribution in [0.5, 0.6) is 0 Å². The molecule has 0 bridgehead atoms. The monoisotopic (exact) mass is 408 g/mol. The lowest BCUT2D eigenvalue weighted by atomic mass is 10.1. The van der Waals surface area contributed by atoms with Crippen molar-refractivity contribution >= 4 is 29.5 Å². The first-order chi connectivity index (χ1) is 13.1. The van der Waals surface area contributed by atoms with E-state index in [0.29, 0.717) is 22.3 Å². The fourth-order valence-electron chi connectivity index (χ4n) is 2.04. The normalized spacial score (nSPS) is 13.1. The number of esters is 1. The molecule has 1 aromatic rings.